The summed E-state index contributed by atoms with van der Waals surface area (Å²) in [4.78, 5) is 14.0. The molecule has 0 aliphatic rings. The first-order valence-corrected chi connectivity index (χ1v) is 12.6. The van der Waals surface area contributed by atoms with Gasteiger partial charge in [0.05, 0.1) is 18.1 Å². The van der Waals surface area contributed by atoms with Crippen LogP contribution in [0.4, 0.5) is 5.69 Å². The number of carbonyl (C=O) groups is 1. The lowest BCUT2D eigenvalue weighted by molar-refractivity contribution is -0.115. The van der Waals surface area contributed by atoms with Gasteiger partial charge in [0.25, 0.3) is 0 Å². The van der Waals surface area contributed by atoms with Crippen LogP contribution in [0.2, 0.25) is 5.02 Å². The summed E-state index contributed by atoms with van der Waals surface area (Å²) in [7, 11) is 0. The van der Waals surface area contributed by atoms with Crippen LogP contribution in [0, 0.1) is 11.3 Å². The zero-order valence-corrected chi connectivity index (χ0v) is 20.8. The molecule has 1 N–H and O–H groups in total. The van der Waals surface area contributed by atoms with Gasteiger partial charge in [-0.05, 0) is 72.6 Å². The van der Waals surface area contributed by atoms with Crippen molar-refractivity contribution in [2.75, 3.05) is 11.1 Å². The Labute approximate surface area is 214 Å². The third-order valence-corrected chi connectivity index (χ3v) is 6.45. The molecule has 4 rings (SSSR count). The van der Waals surface area contributed by atoms with Gasteiger partial charge in [0, 0.05) is 34.1 Å². The minimum absolute atomic E-state index is 0.112. The number of nitriles is 1. The Morgan fingerprint density at radius 2 is 1.80 bits per heavy atom. The van der Waals surface area contributed by atoms with E-state index >= 15 is 0 Å². The minimum atomic E-state index is -0.112. The molecule has 1 amide bonds. The molecule has 174 valence electrons. The van der Waals surface area contributed by atoms with E-state index in [1.54, 1.807) is 30.3 Å². The number of rotatable bonds is 8. The fourth-order valence-electron chi connectivity index (χ4n) is 3.63. The molecule has 0 spiro atoms. The highest BCUT2D eigenvalue weighted by atomic mass is 35.5. The number of thiol groups is 1. The van der Waals surface area contributed by atoms with Crippen LogP contribution in [0.3, 0.4) is 0 Å². The monoisotopic (exact) mass is 499 g/mol. The highest BCUT2D eigenvalue weighted by Crippen LogP contribution is 2.36. The molecule has 0 aliphatic heterocycles. The number of hydrogen-bond acceptors (Lipinski definition) is 3. The lowest BCUT2D eigenvalue weighted by Crippen LogP contribution is -2.14. The van der Waals surface area contributed by atoms with Gasteiger partial charge >= 0.3 is 0 Å². The second-order valence-electron chi connectivity index (χ2n) is 7.83. The van der Waals surface area contributed by atoms with Gasteiger partial charge < -0.3 is 10.1 Å². The van der Waals surface area contributed by atoms with Crippen molar-refractivity contribution in [3.05, 3.63) is 107 Å². The topological polar surface area (TPSA) is 62.1 Å². The predicted molar refractivity (Wildman–Crippen MR) is 144 cm³/mol. The molecule has 4 nitrogen and oxygen atoms in total. The normalized spacial score (nSPS) is 10.4. The summed E-state index contributed by atoms with van der Waals surface area (Å²) < 4.78 is 6.18. The zero-order chi connectivity index (χ0) is 24.6. The van der Waals surface area contributed by atoms with Crippen LogP contribution in [0.25, 0.3) is 11.1 Å². The largest absolute Gasteiger partial charge is 0.457 e. The number of hydrogen-bond donors (Lipinski definition) is 1. The number of carbonyl (C=O) groups excluding carboxylic acids is 1. The number of amides is 1. The van der Waals surface area contributed by atoms with Gasteiger partial charge in [0.15, 0.2) is 4.90 Å². The summed E-state index contributed by atoms with van der Waals surface area (Å²) in [5.74, 6) is 2.03. The summed E-state index contributed by atoms with van der Waals surface area (Å²) >= 11 is 7.50. The lowest BCUT2D eigenvalue weighted by Gasteiger charge is -2.14. The van der Waals surface area contributed by atoms with Crippen molar-refractivity contribution in [2.45, 2.75) is 18.2 Å². The molecule has 0 aromatic heterocycles. The van der Waals surface area contributed by atoms with Crippen LogP contribution < -0.4 is 10.1 Å². The molecule has 0 bridgehead atoms. The molecule has 6 heteroatoms. The Morgan fingerprint density at radius 1 is 1.00 bits per heavy atom. The van der Waals surface area contributed by atoms with Crippen LogP contribution in [0.5, 0.6) is 11.5 Å². The number of halogens is 1. The predicted octanol–water partition coefficient (Wildman–Crippen LogP) is 7.05. The first kappa shape index (κ1) is 24.4. The number of nitrogens with zero attached hydrogens (tertiary/aromatic N) is 1. The third kappa shape index (κ3) is 6.66. The molecule has 0 radical (unpaired) electrons. The molecule has 0 saturated heterocycles. The quantitative estimate of drug-likeness (QED) is 0.209. The number of ether oxygens (including phenoxy) is 1. The Morgan fingerprint density at radius 3 is 2.54 bits per heavy atom. The summed E-state index contributed by atoms with van der Waals surface area (Å²) in [5, 5.41) is 12.8. The average molecular weight is 500 g/mol. The van der Waals surface area contributed by atoms with Crippen molar-refractivity contribution in [1.82, 2.24) is 0 Å². The van der Waals surface area contributed by atoms with Crippen LogP contribution in [0.1, 0.15) is 18.1 Å². The van der Waals surface area contributed by atoms with Gasteiger partial charge in [-0.15, -0.1) is 0 Å². The number of benzene rings is 4. The van der Waals surface area contributed by atoms with Crippen LogP contribution >= 0.6 is 11.6 Å². The molecule has 4 aromatic rings. The van der Waals surface area contributed by atoms with E-state index in [1.807, 2.05) is 48.5 Å². The van der Waals surface area contributed by atoms with Crippen molar-refractivity contribution in [2.24, 2.45) is 0 Å². The van der Waals surface area contributed by atoms with Gasteiger partial charge in [-0.25, -0.2) is 0 Å². The maximum absolute atomic E-state index is 12.7. The molecular weight excluding hydrogens is 476 g/mol. The highest BCUT2D eigenvalue weighted by Gasteiger charge is 2.12. The lowest BCUT2D eigenvalue weighted by atomic mass is 10.0. The average Bonchev–Trinajstić information content (AvgIpc) is 2.86. The molecular formula is C29H24ClN2O2S+. The Kier molecular flexibility index (Phi) is 8.10. The molecule has 35 heavy (non-hydrogen) atoms. The van der Waals surface area contributed by atoms with Gasteiger partial charge in [0.1, 0.15) is 17.3 Å². The van der Waals surface area contributed by atoms with Gasteiger partial charge in [0.2, 0.25) is 5.91 Å². The summed E-state index contributed by atoms with van der Waals surface area (Å²) in [5.41, 5.74) is 3.78. The fourth-order valence-corrected chi connectivity index (χ4v) is 4.54. The molecule has 0 saturated carbocycles. The first-order valence-electron chi connectivity index (χ1n) is 11.2. The fraction of sp³-hybridized carbons (Fsp3) is 0.103. The van der Waals surface area contributed by atoms with Gasteiger partial charge in [-0.3, -0.25) is 4.79 Å². The molecule has 4 aromatic carbocycles. The van der Waals surface area contributed by atoms with E-state index in [2.05, 4.69) is 30.4 Å². The highest BCUT2D eigenvalue weighted by molar-refractivity contribution is 7.78. The zero-order valence-electron chi connectivity index (χ0n) is 19.2. The van der Waals surface area contributed by atoms with E-state index in [1.165, 1.54) is 16.7 Å². The second-order valence-corrected chi connectivity index (χ2v) is 9.73. The van der Waals surface area contributed by atoms with E-state index in [9.17, 15) is 10.1 Å². The Hall–Kier alpha value is -3.72. The Balaban J connectivity index is 1.58. The molecule has 0 fully saturated rings. The van der Waals surface area contributed by atoms with Gasteiger partial charge in [-0.2, -0.15) is 5.26 Å². The molecule has 0 aliphatic carbocycles. The summed E-state index contributed by atoms with van der Waals surface area (Å²) in [6.45, 7) is 2.14. The van der Waals surface area contributed by atoms with E-state index < -0.39 is 0 Å². The van der Waals surface area contributed by atoms with Crippen LogP contribution in [-0.4, -0.2) is 11.7 Å². The van der Waals surface area contributed by atoms with E-state index in [4.69, 9.17) is 16.3 Å². The molecule has 0 heterocycles. The maximum atomic E-state index is 12.7. The van der Waals surface area contributed by atoms with Crippen LogP contribution in [0.15, 0.2) is 95.9 Å². The van der Waals surface area contributed by atoms with E-state index in [0.29, 0.717) is 27.8 Å². The van der Waals surface area contributed by atoms with Crippen molar-refractivity contribution in [3.8, 4) is 28.7 Å². The summed E-state index contributed by atoms with van der Waals surface area (Å²) in [6.07, 6.45) is 0.278. The molecule has 0 unspecified atom stereocenters. The summed E-state index contributed by atoms with van der Waals surface area (Å²) in [6, 6.07) is 30.2. The molecule has 0 atom stereocenters. The number of nitrogens with one attached hydrogen (secondary N) is 1. The Bertz CT molecular complexity index is 1380. The van der Waals surface area contributed by atoms with Gasteiger partial charge in [-0.1, -0.05) is 41.9 Å². The second kappa shape index (κ2) is 11.6. The van der Waals surface area contributed by atoms with Crippen molar-refractivity contribution >= 4 is 35.0 Å². The van der Waals surface area contributed by atoms with Crippen molar-refractivity contribution < 1.29 is 9.53 Å². The number of anilines is 1. The van der Waals surface area contributed by atoms with E-state index in [0.717, 1.165) is 22.4 Å². The standard InChI is InChI=1S/C29H23ClN2O2S/c1-2-35-26-12-9-20(10-13-26)16-29(33)32-24-11-14-27(22-6-4-7-23(30)17-22)28(18-24)34-25-8-3-5-21(15-25)19-31/h3-15,17-18H,2,16H2,1H3,(H,32,33)/p+1. The smallest absolute Gasteiger partial charge is 0.228 e. The maximum Gasteiger partial charge on any atom is 0.228 e. The van der Waals surface area contributed by atoms with Crippen LogP contribution in [-0.2, 0) is 23.0 Å². The minimum Gasteiger partial charge on any atom is -0.457 e. The third-order valence-electron chi connectivity index (χ3n) is 5.23. The SMILES string of the molecule is CC[SH+]c1ccc(CC(=O)Nc2ccc(-c3cccc(Cl)c3)c(Oc3cccc(C#N)c3)c2)cc1. The first-order chi connectivity index (χ1) is 17.0. The van der Waals surface area contributed by atoms with E-state index in [-0.39, 0.29) is 12.3 Å². The van der Waals surface area contributed by atoms with Crippen molar-refractivity contribution in [3.63, 3.8) is 0 Å². The van der Waals surface area contributed by atoms with Crippen molar-refractivity contribution in [1.29, 1.82) is 5.26 Å².